The second-order valence-electron chi connectivity index (χ2n) is 4.03. The third kappa shape index (κ3) is 2.15. The number of aliphatic hydroxyl groups excluding tert-OH is 1. The Bertz CT molecular complexity index is 603. The number of hydrogen-bond donors (Lipinski definition) is 1. The van der Waals surface area contributed by atoms with E-state index in [1.54, 1.807) is 0 Å². The van der Waals surface area contributed by atoms with Crippen LogP contribution in [0.2, 0.25) is 0 Å². The van der Waals surface area contributed by atoms with E-state index in [0.717, 1.165) is 6.42 Å². The molecule has 0 bridgehead atoms. The molecule has 0 fully saturated rings. The van der Waals surface area contributed by atoms with Gasteiger partial charge in [0.05, 0.1) is 5.52 Å². The molecule has 0 spiro atoms. The van der Waals surface area contributed by atoms with Gasteiger partial charge < -0.3 is 9.52 Å². The second-order valence-corrected chi connectivity index (χ2v) is 4.03. The molecule has 1 atom stereocenters. The molecule has 1 heterocycles. The van der Waals surface area contributed by atoms with Gasteiger partial charge in [-0.3, -0.25) is 4.57 Å². The molecule has 1 aromatic heterocycles. The standard InChI is InChI=1S/C12H13F2NO3/c1-2-5-15-8-4-3-7(10(16)11(13)14)6-9(8)18-12(15)17/h3-4,6,10-11,16H,2,5H2,1H3. The highest BCUT2D eigenvalue weighted by atomic mass is 19.3. The van der Waals surface area contributed by atoms with Crippen LogP contribution in [0.1, 0.15) is 25.0 Å². The maximum Gasteiger partial charge on any atom is 0.419 e. The first kappa shape index (κ1) is 12.8. The summed E-state index contributed by atoms with van der Waals surface area (Å²) < 4.78 is 31.2. The van der Waals surface area contributed by atoms with Crippen LogP contribution in [0.25, 0.3) is 11.1 Å². The minimum Gasteiger partial charge on any atom is -0.408 e. The van der Waals surface area contributed by atoms with E-state index in [0.29, 0.717) is 12.1 Å². The van der Waals surface area contributed by atoms with E-state index in [2.05, 4.69) is 0 Å². The maximum atomic E-state index is 12.4. The van der Waals surface area contributed by atoms with Gasteiger partial charge in [0.25, 0.3) is 6.43 Å². The van der Waals surface area contributed by atoms with Gasteiger partial charge in [-0.25, -0.2) is 13.6 Å². The number of benzene rings is 1. The van der Waals surface area contributed by atoms with Gasteiger partial charge in [0.1, 0.15) is 6.10 Å². The number of aromatic nitrogens is 1. The van der Waals surface area contributed by atoms with Gasteiger partial charge in [0, 0.05) is 6.54 Å². The Hall–Kier alpha value is -1.69. The molecule has 18 heavy (non-hydrogen) atoms. The van der Waals surface area contributed by atoms with Crippen molar-refractivity contribution < 1.29 is 18.3 Å². The van der Waals surface area contributed by atoms with Gasteiger partial charge in [-0.2, -0.15) is 0 Å². The molecule has 0 saturated heterocycles. The summed E-state index contributed by atoms with van der Waals surface area (Å²) in [6.45, 7) is 2.42. The fraction of sp³-hybridized carbons (Fsp3) is 0.417. The van der Waals surface area contributed by atoms with Crippen molar-refractivity contribution in [1.29, 1.82) is 0 Å². The highest BCUT2D eigenvalue weighted by molar-refractivity contribution is 5.73. The summed E-state index contributed by atoms with van der Waals surface area (Å²) in [5, 5.41) is 9.26. The first-order valence-corrected chi connectivity index (χ1v) is 5.64. The van der Waals surface area contributed by atoms with Crippen molar-refractivity contribution in [2.45, 2.75) is 32.4 Å². The molecule has 2 aromatic rings. The molecular formula is C12H13F2NO3. The fourth-order valence-electron chi connectivity index (χ4n) is 1.85. The number of rotatable bonds is 4. The zero-order chi connectivity index (χ0) is 13.3. The molecule has 0 radical (unpaired) electrons. The molecule has 98 valence electrons. The van der Waals surface area contributed by atoms with Crippen molar-refractivity contribution in [1.82, 2.24) is 4.57 Å². The molecule has 1 N–H and O–H groups in total. The molecule has 4 nitrogen and oxygen atoms in total. The minimum absolute atomic E-state index is 0.0369. The molecule has 0 aliphatic carbocycles. The fourth-order valence-corrected chi connectivity index (χ4v) is 1.85. The van der Waals surface area contributed by atoms with Crippen molar-refractivity contribution in [2.24, 2.45) is 0 Å². The number of nitrogens with zero attached hydrogens (tertiary/aromatic N) is 1. The molecule has 2 rings (SSSR count). The topological polar surface area (TPSA) is 55.4 Å². The van der Waals surface area contributed by atoms with Crippen LogP contribution in [-0.4, -0.2) is 16.1 Å². The molecule has 0 saturated carbocycles. The first-order valence-electron chi connectivity index (χ1n) is 5.64. The van der Waals surface area contributed by atoms with Crippen LogP contribution in [0.3, 0.4) is 0 Å². The van der Waals surface area contributed by atoms with Gasteiger partial charge in [0.15, 0.2) is 5.58 Å². The lowest BCUT2D eigenvalue weighted by molar-refractivity contribution is -0.00573. The van der Waals surface area contributed by atoms with E-state index in [4.69, 9.17) is 4.42 Å². The van der Waals surface area contributed by atoms with Gasteiger partial charge in [-0.05, 0) is 24.1 Å². The first-order chi connectivity index (χ1) is 8.54. The number of alkyl halides is 2. The average Bonchev–Trinajstić information content (AvgIpc) is 2.64. The van der Waals surface area contributed by atoms with Crippen LogP contribution in [0, 0.1) is 0 Å². The van der Waals surface area contributed by atoms with Crippen molar-refractivity contribution in [2.75, 3.05) is 0 Å². The van der Waals surface area contributed by atoms with E-state index in [1.165, 1.54) is 22.8 Å². The molecule has 6 heteroatoms. The second kappa shape index (κ2) is 4.89. The normalized spacial score (nSPS) is 13.4. The van der Waals surface area contributed by atoms with Crippen LogP contribution in [-0.2, 0) is 6.54 Å². The van der Waals surface area contributed by atoms with Gasteiger partial charge in [-0.15, -0.1) is 0 Å². The smallest absolute Gasteiger partial charge is 0.408 e. The van der Waals surface area contributed by atoms with Crippen LogP contribution in [0.4, 0.5) is 8.78 Å². The zero-order valence-corrected chi connectivity index (χ0v) is 9.77. The monoisotopic (exact) mass is 257 g/mol. The lowest BCUT2D eigenvalue weighted by atomic mass is 10.1. The van der Waals surface area contributed by atoms with E-state index in [9.17, 15) is 18.7 Å². The Labute approximate surface area is 101 Å². The number of fused-ring (bicyclic) bond motifs is 1. The number of hydrogen-bond acceptors (Lipinski definition) is 3. The van der Waals surface area contributed by atoms with Crippen LogP contribution < -0.4 is 5.76 Å². The van der Waals surface area contributed by atoms with E-state index >= 15 is 0 Å². The third-order valence-corrected chi connectivity index (χ3v) is 2.72. The lowest BCUT2D eigenvalue weighted by Crippen LogP contribution is -2.13. The number of aliphatic hydroxyl groups is 1. The highest BCUT2D eigenvalue weighted by Gasteiger charge is 2.20. The van der Waals surface area contributed by atoms with Crippen LogP contribution in [0.15, 0.2) is 27.4 Å². The van der Waals surface area contributed by atoms with Crippen molar-refractivity contribution in [3.8, 4) is 0 Å². The average molecular weight is 257 g/mol. The molecule has 1 unspecified atom stereocenters. The third-order valence-electron chi connectivity index (χ3n) is 2.72. The van der Waals surface area contributed by atoms with Crippen molar-refractivity contribution in [3.05, 3.63) is 34.3 Å². The van der Waals surface area contributed by atoms with Gasteiger partial charge in [-0.1, -0.05) is 13.0 Å². The summed E-state index contributed by atoms with van der Waals surface area (Å²) in [5.74, 6) is -0.518. The molecule has 0 aliphatic heterocycles. The number of aryl methyl sites for hydroxylation is 1. The highest BCUT2D eigenvalue weighted by Crippen LogP contribution is 2.24. The Balaban J connectivity index is 2.51. The summed E-state index contributed by atoms with van der Waals surface area (Å²) >= 11 is 0. The van der Waals surface area contributed by atoms with Crippen LogP contribution >= 0.6 is 0 Å². The summed E-state index contributed by atoms with van der Waals surface area (Å²) in [5.41, 5.74) is 0.799. The van der Waals surface area contributed by atoms with Crippen molar-refractivity contribution >= 4 is 11.1 Å². The summed E-state index contributed by atoms with van der Waals surface area (Å²) in [6, 6.07) is 4.16. The SMILES string of the molecule is CCCn1c(=O)oc2cc(C(O)C(F)F)ccc21. The van der Waals surface area contributed by atoms with E-state index < -0.39 is 18.3 Å². The lowest BCUT2D eigenvalue weighted by Gasteiger charge is -2.09. The van der Waals surface area contributed by atoms with E-state index in [1.807, 2.05) is 6.92 Å². The molecule has 0 aliphatic rings. The Morgan fingerprint density at radius 3 is 2.78 bits per heavy atom. The Morgan fingerprint density at radius 1 is 1.44 bits per heavy atom. The molecular weight excluding hydrogens is 244 g/mol. The quantitative estimate of drug-likeness (QED) is 0.914. The van der Waals surface area contributed by atoms with Crippen LogP contribution in [0.5, 0.6) is 0 Å². The molecule has 1 aromatic carbocycles. The summed E-state index contributed by atoms with van der Waals surface area (Å²) in [4.78, 5) is 11.5. The zero-order valence-electron chi connectivity index (χ0n) is 9.77. The predicted molar refractivity (Wildman–Crippen MR) is 61.7 cm³/mol. The molecule has 0 amide bonds. The minimum atomic E-state index is -2.87. The van der Waals surface area contributed by atoms with Crippen molar-refractivity contribution in [3.63, 3.8) is 0 Å². The Morgan fingerprint density at radius 2 is 2.17 bits per heavy atom. The van der Waals surface area contributed by atoms with E-state index in [-0.39, 0.29) is 11.1 Å². The summed E-state index contributed by atoms with van der Waals surface area (Å²) in [6.07, 6.45) is -3.98. The predicted octanol–water partition coefficient (Wildman–Crippen LogP) is 2.30. The number of oxazole rings is 1. The maximum absolute atomic E-state index is 12.4. The Kier molecular flexibility index (Phi) is 3.47. The van der Waals surface area contributed by atoms with Gasteiger partial charge >= 0.3 is 5.76 Å². The summed E-state index contributed by atoms with van der Waals surface area (Å²) in [7, 11) is 0. The largest absolute Gasteiger partial charge is 0.419 e. The van der Waals surface area contributed by atoms with Gasteiger partial charge in [0.2, 0.25) is 0 Å². The number of halogens is 2.